The van der Waals surface area contributed by atoms with Crippen LogP contribution in [0.25, 0.3) is 0 Å². The lowest BCUT2D eigenvalue weighted by molar-refractivity contribution is -0.143. The first-order valence-electron chi connectivity index (χ1n) is 8.12. The van der Waals surface area contributed by atoms with E-state index in [4.69, 9.17) is 9.47 Å². The van der Waals surface area contributed by atoms with Gasteiger partial charge in [0.15, 0.2) is 0 Å². The number of nitrogens with zero attached hydrogens (tertiary/aromatic N) is 2. The molecule has 0 amide bonds. The number of carbonyl (C=O) groups is 1. The van der Waals surface area contributed by atoms with Gasteiger partial charge in [0.2, 0.25) is 5.88 Å². The predicted octanol–water partition coefficient (Wildman–Crippen LogP) is 2.79. The van der Waals surface area contributed by atoms with Crippen molar-refractivity contribution in [3.8, 4) is 5.88 Å². The molecule has 0 saturated carbocycles. The van der Waals surface area contributed by atoms with E-state index in [-0.39, 0.29) is 5.97 Å². The number of likely N-dealkylation sites (tertiary alicyclic amines) is 1. The molecule has 0 aromatic carbocycles. The third-order valence-corrected chi connectivity index (χ3v) is 4.15. The molecule has 1 aromatic rings. The number of piperidine rings is 1. The Morgan fingerprint density at radius 3 is 3.09 bits per heavy atom. The van der Waals surface area contributed by atoms with Crippen LogP contribution < -0.4 is 4.74 Å². The molecule has 1 saturated heterocycles. The van der Waals surface area contributed by atoms with Crippen molar-refractivity contribution in [2.75, 3.05) is 20.3 Å². The highest BCUT2D eigenvalue weighted by Gasteiger charge is 2.24. The number of hydrogen-bond donors (Lipinski definition) is 0. The normalized spacial score (nSPS) is 18.9. The number of methoxy groups -OCH3 is 1. The van der Waals surface area contributed by atoms with E-state index < -0.39 is 0 Å². The van der Waals surface area contributed by atoms with Gasteiger partial charge in [-0.2, -0.15) is 0 Å². The molecule has 5 heteroatoms. The molecule has 2 heterocycles. The summed E-state index contributed by atoms with van der Waals surface area (Å²) in [6, 6.07) is 4.43. The lowest BCUT2D eigenvalue weighted by atomic mass is 9.97. The van der Waals surface area contributed by atoms with Crippen molar-refractivity contribution in [3.63, 3.8) is 0 Å². The van der Waals surface area contributed by atoms with Crippen LogP contribution in [0.15, 0.2) is 18.3 Å². The Kier molecular flexibility index (Phi) is 6.65. The van der Waals surface area contributed by atoms with Gasteiger partial charge in [-0.15, -0.1) is 0 Å². The van der Waals surface area contributed by atoms with Gasteiger partial charge in [-0.25, -0.2) is 4.98 Å². The van der Waals surface area contributed by atoms with Crippen molar-refractivity contribution in [1.29, 1.82) is 0 Å². The number of carbonyl (C=O) groups excluding carboxylic acids is 1. The smallest absolute Gasteiger partial charge is 0.305 e. The molecule has 1 aliphatic heterocycles. The Hall–Kier alpha value is -1.62. The molecule has 22 heavy (non-hydrogen) atoms. The van der Waals surface area contributed by atoms with Gasteiger partial charge in [0.05, 0.1) is 13.7 Å². The number of pyridine rings is 1. The summed E-state index contributed by atoms with van der Waals surface area (Å²) < 4.78 is 10.4. The number of hydrogen-bond acceptors (Lipinski definition) is 5. The summed E-state index contributed by atoms with van der Waals surface area (Å²) in [5.41, 5.74) is 1.10. The van der Waals surface area contributed by atoms with Crippen molar-refractivity contribution in [3.05, 3.63) is 23.9 Å². The van der Waals surface area contributed by atoms with Crippen molar-refractivity contribution < 1.29 is 14.3 Å². The van der Waals surface area contributed by atoms with Gasteiger partial charge in [-0.1, -0.05) is 12.5 Å². The van der Waals surface area contributed by atoms with Crippen LogP contribution in [-0.2, 0) is 16.1 Å². The molecular weight excluding hydrogens is 280 g/mol. The third kappa shape index (κ3) is 4.70. The molecule has 0 bridgehead atoms. The summed E-state index contributed by atoms with van der Waals surface area (Å²) in [5.74, 6) is 0.601. The first-order valence-corrected chi connectivity index (χ1v) is 8.12. The molecule has 0 N–H and O–H groups in total. The summed E-state index contributed by atoms with van der Waals surface area (Å²) in [7, 11) is 1.65. The minimum atomic E-state index is -0.0908. The molecule has 122 valence electrons. The molecule has 1 aromatic heterocycles. The summed E-state index contributed by atoms with van der Waals surface area (Å²) >= 11 is 0. The van der Waals surface area contributed by atoms with Gasteiger partial charge < -0.3 is 9.47 Å². The molecule has 0 spiro atoms. The fourth-order valence-electron chi connectivity index (χ4n) is 3.06. The summed E-state index contributed by atoms with van der Waals surface area (Å²) in [6.07, 6.45) is 6.69. The van der Waals surface area contributed by atoms with E-state index in [1.165, 1.54) is 12.8 Å². The fraction of sp³-hybridized carbons (Fsp3) is 0.647. The first kappa shape index (κ1) is 16.7. The predicted molar refractivity (Wildman–Crippen MR) is 84.7 cm³/mol. The van der Waals surface area contributed by atoms with Gasteiger partial charge in [-0.3, -0.25) is 9.69 Å². The summed E-state index contributed by atoms with van der Waals surface area (Å²) in [6.45, 7) is 4.19. The van der Waals surface area contributed by atoms with Crippen LogP contribution in [-0.4, -0.2) is 42.2 Å². The highest BCUT2D eigenvalue weighted by Crippen LogP contribution is 2.25. The third-order valence-electron chi connectivity index (χ3n) is 4.15. The monoisotopic (exact) mass is 306 g/mol. The van der Waals surface area contributed by atoms with Crippen molar-refractivity contribution in [2.45, 2.75) is 51.6 Å². The zero-order valence-corrected chi connectivity index (χ0v) is 13.6. The largest absolute Gasteiger partial charge is 0.481 e. The second-order valence-corrected chi connectivity index (χ2v) is 5.64. The lowest BCUT2D eigenvalue weighted by Crippen LogP contribution is -2.39. The van der Waals surface area contributed by atoms with E-state index >= 15 is 0 Å². The number of rotatable bonds is 7. The maximum absolute atomic E-state index is 11.6. The van der Waals surface area contributed by atoms with Gasteiger partial charge in [0.1, 0.15) is 0 Å². The maximum Gasteiger partial charge on any atom is 0.305 e. The van der Waals surface area contributed by atoms with Crippen LogP contribution in [0.4, 0.5) is 0 Å². The Morgan fingerprint density at radius 1 is 1.45 bits per heavy atom. The second kappa shape index (κ2) is 8.73. The van der Waals surface area contributed by atoms with Crippen LogP contribution >= 0.6 is 0 Å². The molecule has 0 radical (unpaired) electrons. The van der Waals surface area contributed by atoms with Crippen LogP contribution in [0.1, 0.15) is 44.6 Å². The Labute approximate surface area is 132 Å². The quantitative estimate of drug-likeness (QED) is 0.725. The Balaban J connectivity index is 1.96. The van der Waals surface area contributed by atoms with Gasteiger partial charge >= 0.3 is 5.97 Å². The zero-order valence-electron chi connectivity index (χ0n) is 13.6. The molecule has 2 rings (SSSR count). The standard InChI is InChI=1S/C17H26N2O3/c1-3-22-16(20)10-9-15-8-4-5-12-19(15)13-14-7-6-11-18-17(14)21-2/h6-7,11,15H,3-5,8-10,12-13H2,1-2H3. The van der Waals surface area contributed by atoms with Gasteiger partial charge in [-0.05, 0) is 38.8 Å². The van der Waals surface area contributed by atoms with Crippen molar-refractivity contribution in [2.24, 2.45) is 0 Å². The average molecular weight is 306 g/mol. The minimum absolute atomic E-state index is 0.0908. The van der Waals surface area contributed by atoms with Crippen LogP contribution in [0.5, 0.6) is 5.88 Å². The van der Waals surface area contributed by atoms with E-state index in [0.717, 1.165) is 31.5 Å². The molecular formula is C17H26N2O3. The van der Waals surface area contributed by atoms with Crippen molar-refractivity contribution in [1.82, 2.24) is 9.88 Å². The Bertz CT molecular complexity index is 479. The summed E-state index contributed by atoms with van der Waals surface area (Å²) in [5, 5.41) is 0. The van der Waals surface area contributed by atoms with Gasteiger partial charge in [0, 0.05) is 30.8 Å². The molecule has 1 unspecified atom stereocenters. The second-order valence-electron chi connectivity index (χ2n) is 5.64. The topological polar surface area (TPSA) is 51.7 Å². The summed E-state index contributed by atoms with van der Waals surface area (Å²) in [4.78, 5) is 18.3. The number of esters is 1. The molecule has 1 fully saturated rings. The van der Waals surface area contributed by atoms with Crippen LogP contribution in [0.2, 0.25) is 0 Å². The Morgan fingerprint density at radius 2 is 2.32 bits per heavy atom. The van der Waals surface area contributed by atoms with Crippen LogP contribution in [0.3, 0.4) is 0 Å². The highest BCUT2D eigenvalue weighted by molar-refractivity contribution is 5.69. The van der Waals surface area contributed by atoms with Crippen molar-refractivity contribution >= 4 is 5.97 Å². The SMILES string of the molecule is CCOC(=O)CCC1CCCCN1Cc1cccnc1OC. The highest BCUT2D eigenvalue weighted by atomic mass is 16.5. The van der Waals surface area contributed by atoms with E-state index in [0.29, 0.717) is 24.9 Å². The number of aromatic nitrogens is 1. The van der Waals surface area contributed by atoms with E-state index in [1.54, 1.807) is 13.3 Å². The average Bonchev–Trinajstić information content (AvgIpc) is 2.55. The lowest BCUT2D eigenvalue weighted by Gasteiger charge is -2.35. The van der Waals surface area contributed by atoms with E-state index in [2.05, 4.69) is 16.0 Å². The minimum Gasteiger partial charge on any atom is -0.481 e. The molecule has 1 atom stereocenters. The molecule has 1 aliphatic rings. The van der Waals surface area contributed by atoms with E-state index in [9.17, 15) is 4.79 Å². The van der Waals surface area contributed by atoms with E-state index in [1.807, 2.05) is 13.0 Å². The molecule has 0 aliphatic carbocycles. The fourth-order valence-corrected chi connectivity index (χ4v) is 3.06. The van der Waals surface area contributed by atoms with Gasteiger partial charge in [0.25, 0.3) is 0 Å². The van der Waals surface area contributed by atoms with Crippen LogP contribution in [0, 0.1) is 0 Å². The molecule has 5 nitrogen and oxygen atoms in total. The maximum atomic E-state index is 11.6. The zero-order chi connectivity index (χ0) is 15.8. The first-order chi connectivity index (χ1) is 10.7. The number of ether oxygens (including phenoxy) is 2.